The third kappa shape index (κ3) is 13.3. The van der Waals surface area contributed by atoms with E-state index in [1.165, 1.54) is 0 Å². The molecule has 0 bridgehead atoms. The summed E-state index contributed by atoms with van der Waals surface area (Å²) in [5.41, 5.74) is 1.82. The molecule has 1 aliphatic rings. The predicted octanol–water partition coefficient (Wildman–Crippen LogP) is 11.2. The molecule has 9 nitrogen and oxygen atoms in total. The second-order valence-electron chi connectivity index (χ2n) is 14.2. The van der Waals surface area contributed by atoms with E-state index in [1.807, 2.05) is 23.2 Å². The van der Waals surface area contributed by atoms with E-state index in [1.54, 1.807) is 66.1 Å². The van der Waals surface area contributed by atoms with Crippen LogP contribution in [0.4, 0.5) is 5.13 Å². The molecule has 5 rings (SSSR count). The predicted molar refractivity (Wildman–Crippen MR) is 223 cm³/mol. The number of hydrogen-bond acceptors (Lipinski definition) is 10. The summed E-state index contributed by atoms with van der Waals surface area (Å²) < 4.78 is 24.3. The molecule has 294 valence electrons. The first kappa shape index (κ1) is 41.6. The van der Waals surface area contributed by atoms with Crippen molar-refractivity contribution < 1.29 is 28.5 Å². The third-order valence-electron chi connectivity index (χ3n) is 10.0. The highest BCUT2D eigenvalue weighted by Crippen LogP contribution is 2.33. The average Bonchev–Trinajstić information content (AvgIpc) is 3.65. The van der Waals surface area contributed by atoms with Crippen LogP contribution in [0.5, 0.6) is 17.2 Å². The highest BCUT2D eigenvalue weighted by Gasteiger charge is 2.27. The Morgan fingerprint density at radius 3 is 2.36 bits per heavy atom. The van der Waals surface area contributed by atoms with Crippen molar-refractivity contribution >= 4 is 44.8 Å². The summed E-state index contributed by atoms with van der Waals surface area (Å²) in [5.74, 6) is 1.23. The van der Waals surface area contributed by atoms with Crippen LogP contribution in [0.3, 0.4) is 0 Å². The number of nitrogens with zero attached hydrogens (tertiary/aromatic N) is 3. The number of para-hydroxylation sites is 1. The molecule has 0 spiro atoms. The molecular formula is C45H57N3O6S. The average molecular weight is 768 g/mol. The van der Waals surface area contributed by atoms with Crippen molar-refractivity contribution in [3.05, 3.63) is 90.5 Å². The Morgan fingerprint density at radius 1 is 0.873 bits per heavy atom. The van der Waals surface area contributed by atoms with Crippen molar-refractivity contribution in [2.75, 3.05) is 31.4 Å². The molecule has 4 aromatic rings. The van der Waals surface area contributed by atoms with Crippen LogP contribution in [-0.4, -0.2) is 49.5 Å². The van der Waals surface area contributed by atoms with E-state index >= 15 is 0 Å². The SMILES string of the molecule is C=CCOCCCCCCOc1ccc(C(=O)Oc2ccc(OC(=O)C3CCC(CC)CC3)cc2C=NN(CCCCCC)c2nc3ccccc3s2)cc1. The zero-order chi connectivity index (χ0) is 38.7. The van der Waals surface area contributed by atoms with Gasteiger partial charge in [-0.25, -0.2) is 14.8 Å². The van der Waals surface area contributed by atoms with Gasteiger partial charge in [0.1, 0.15) is 17.2 Å². The first-order valence-corrected chi connectivity index (χ1v) is 21.0. The molecule has 1 aromatic heterocycles. The molecule has 0 atom stereocenters. The minimum absolute atomic E-state index is 0.116. The quantitative estimate of drug-likeness (QED) is 0.0184. The lowest BCUT2D eigenvalue weighted by molar-refractivity contribution is -0.140. The molecule has 0 N–H and O–H groups in total. The van der Waals surface area contributed by atoms with Crippen molar-refractivity contribution in [3.63, 3.8) is 0 Å². The first-order chi connectivity index (χ1) is 27.0. The van der Waals surface area contributed by atoms with Gasteiger partial charge in [-0.1, -0.05) is 75.5 Å². The Kier molecular flexibility index (Phi) is 17.2. The Balaban J connectivity index is 1.29. The van der Waals surface area contributed by atoms with Gasteiger partial charge < -0.3 is 18.9 Å². The number of thiazole rings is 1. The second kappa shape index (κ2) is 22.7. The molecule has 0 saturated heterocycles. The van der Waals surface area contributed by atoms with E-state index in [-0.39, 0.29) is 11.9 Å². The van der Waals surface area contributed by atoms with Gasteiger partial charge in [0.15, 0.2) is 0 Å². The van der Waals surface area contributed by atoms with Crippen LogP contribution in [0.1, 0.15) is 113 Å². The first-order valence-electron chi connectivity index (χ1n) is 20.1. The largest absolute Gasteiger partial charge is 0.494 e. The number of esters is 2. The Bertz CT molecular complexity index is 1780. The van der Waals surface area contributed by atoms with Crippen LogP contribution in [0.2, 0.25) is 0 Å². The van der Waals surface area contributed by atoms with Gasteiger partial charge in [0, 0.05) is 18.7 Å². The highest BCUT2D eigenvalue weighted by molar-refractivity contribution is 7.22. The summed E-state index contributed by atoms with van der Waals surface area (Å²) in [4.78, 5) is 31.6. The van der Waals surface area contributed by atoms with E-state index < -0.39 is 5.97 Å². The number of benzene rings is 3. The standard InChI is InChI=1S/C45H57N3O6S/c1-4-7-8-13-28-48(45-47-40-16-11-12-17-42(40)55-45)46-33-37-32-39(53-43(49)35-20-18-34(6-3)19-21-35)26-27-41(37)54-44(50)36-22-24-38(25-23-36)52-31-15-10-9-14-30-51-29-5-2/h5,11-12,16-17,22-27,32-35H,2,4,6-10,13-15,18-21,28-31H2,1,3H3. The number of hydrazone groups is 1. The van der Waals surface area contributed by atoms with Crippen molar-refractivity contribution in [1.29, 1.82) is 0 Å². The summed E-state index contributed by atoms with van der Waals surface area (Å²) in [6.45, 7) is 10.7. The fourth-order valence-electron chi connectivity index (χ4n) is 6.65. The summed E-state index contributed by atoms with van der Waals surface area (Å²) >= 11 is 1.59. The number of unbranched alkanes of at least 4 members (excludes halogenated alkanes) is 6. The molecule has 1 fully saturated rings. The maximum absolute atomic E-state index is 13.5. The number of hydrogen-bond donors (Lipinski definition) is 0. The number of rotatable bonds is 23. The number of aromatic nitrogens is 1. The van der Waals surface area contributed by atoms with E-state index in [2.05, 4.69) is 26.5 Å². The number of fused-ring (bicyclic) bond motifs is 1. The second-order valence-corrected chi connectivity index (χ2v) is 15.2. The summed E-state index contributed by atoms with van der Waals surface area (Å²) in [6.07, 6.45) is 16.8. The summed E-state index contributed by atoms with van der Waals surface area (Å²) in [5, 5.41) is 7.60. The lowest BCUT2D eigenvalue weighted by atomic mass is 9.81. The maximum Gasteiger partial charge on any atom is 0.343 e. The molecule has 0 unspecified atom stereocenters. The normalized spacial score (nSPS) is 15.6. The lowest BCUT2D eigenvalue weighted by Crippen LogP contribution is -2.25. The molecule has 1 saturated carbocycles. The van der Waals surface area contributed by atoms with Gasteiger partial charge in [0.25, 0.3) is 0 Å². The van der Waals surface area contributed by atoms with Gasteiger partial charge >= 0.3 is 11.9 Å². The maximum atomic E-state index is 13.5. The molecule has 55 heavy (non-hydrogen) atoms. The van der Waals surface area contributed by atoms with Gasteiger partial charge in [-0.05, 0) is 112 Å². The Hall–Kier alpha value is -4.54. The van der Waals surface area contributed by atoms with Crippen LogP contribution in [0, 0.1) is 11.8 Å². The van der Waals surface area contributed by atoms with E-state index in [4.69, 9.17) is 29.0 Å². The topological polar surface area (TPSA) is 99.5 Å². The number of ether oxygens (including phenoxy) is 4. The zero-order valence-corrected chi connectivity index (χ0v) is 33.4. The third-order valence-corrected chi connectivity index (χ3v) is 11.1. The van der Waals surface area contributed by atoms with Crippen LogP contribution in [-0.2, 0) is 9.53 Å². The molecular weight excluding hydrogens is 711 g/mol. The molecule has 3 aromatic carbocycles. The Morgan fingerprint density at radius 2 is 1.62 bits per heavy atom. The smallest absolute Gasteiger partial charge is 0.343 e. The van der Waals surface area contributed by atoms with E-state index in [0.717, 1.165) is 105 Å². The fraction of sp³-hybridized carbons (Fsp3) is 0.467. The van der Waals surface area contributed by atoms with Crippen LogP contribution in [0.25, 0.3) is 10.2 Å². The van der Waals surface area contributed by atoms with Gasteiger partial charge in [-0.3, -0.25) is 4.79 Å². The molecule has 0 aliphatic heterocycles. The van der Waals surface area contributed by atoms with E-state index in [0.29, 0.717) is 54.1 Å². The fourth-order valence-corrected chi connectivity index (χ4v) is 7.60. The van der Waals surface area contributed by atoms with Crippen molar-refractivity contribution in [3.8, 4) is 17.2 Å². The van der Waals surface area contributed by atoms with Gasteiger partial charge in [-0.2, -0.15) is 5.10 Å². The van der Waals surface area contributed by atoms with Crippen molar-refractivity contribution in [2.24, 2.45) is 16.9 Å². The van der Waals surface area contributed by atoms with Crippen molar-refractivity contribution in [1.82, 2.24) is 4.98 Å². The summed E-state index contributed by atoms with van der Waals surface area (Å²) in [6, 6.07) is 20.1. The van der Waals surface area contributed by atoms with Crippen LogP contribution < -0.4 is 19.2 Å². The van der Waals surface area contributed by atoms with Crippen LogP contribution >= 0.6 is 11.3 Å². The number of carbonyl (C=O) groups is 2. The minimum atomic E-state index is -0.514. The van der Waals surface area contributed by atoms with Gasteiger partial charge in [-0.15, -0.1) is 6.58 Å². The number of carbonyl (C=O) groups excluding carboxylic acids is 2. The van der Waals surface area contributed by atoms with Gasteiger partial charge in [0.05, 0.1) is 41.1 Å². The van der Waals surface area contributed by atoms with Gasteiger partial charge in [0.2, 0.25) is 5.13 Å². The zero-order valence-electron chi connectivity index (χ0n) is 32.6. The van der Waals surface area contributed by atoms with Crippen LogP contribution in [0.15, 0.2) is 84.5 Å². The van der Waals surface area contributed by atoms with Crippen molar-refractivity contribution in [2.45, 2.75) is 97.3 Å². The number of anilines is 1. The molecule has 1 heterocycles. The summed E-state index contributed by atoms with van der Waals surface area (Å²) in [7, 11) is 0. The molecule has 0 radical (unpaired) electrons. The van der Waals surface area contributed by atoms with E-state index in [9.17, 15) is 9.59 Å². The molecule has 1 aliphatic carbocycles. The monoisotopic (exact) mass is 767 g/mol. The molecule has 0 amide bonds. The molecule has 10 heteroatoms. The Labute approximate surface area is 330 Å². The minimum Gasteiger partial charge on any atom is -0.494 e. The lowest BCUT2D eigenvalue weighted by Gasteiger charge is -2.26. The highest BCUT2D eigenvalue weighted by atomic mass is 32.1.